The van der Waals surface area contributed by atoms with Crippen molar-refractivity contribution in [3.05, 3.63) is 65.5 Å². The molecule has 0 saturated heterocycles. The van der Waals surface area contributed by atoms with Crippen LogP contribution in [-0.4, -0.2) is 14.2 Å². The fourth-order valence-corrected chi connectivity index (χ4v) is 2.22. The lowest BCUT2D eigenvalue weighted by atomic mass is 9.98. The van der Waals surface area contributed by atoms with Crippen molar-refractivity contribution in [2.75, 3.05) is 14.2 Å². The molecule has 0 heterocycles. The first-order valence-corrected chi connectivity index (χ1v) is 6.30. The minimum Gasteiger partial charge on any atom is -0.496 e. The van der Waals surface area contributed by atoms with Crippen LogP contribution in [0.15, 0.2) is 48.5 Å². The third kappa shape index (κ3) is 3.12. The van der Waals surface area contributed by atoms with Crippen LogP contribution >= 0.6 is 0 Å². The molecule has 0 fully saturated rings. The van der Waals surface area contributed by atoms with Gasteiger partial charge in [0.2, 0.25) is 0 Å². The summed E-state index contributed by atoms with van der Waals surface area (Å²) < 4.78 is 19.2. The van der Waals surface area contributed by atoms with E-state index >= 15 is 0 Å². The molecule has 2 aromatic carbocycles. The van der Waals surface area contributed by atoms with Crippen molar-refractivity contribution in [2.45, 2.75) is 12.5 Å². The van der Waals surface area contributed by atoms with Crippen LogP contribution < -0.4 is 10.1 Å². The van der Waals surface area contributed by atoms with Gasteiger partial charge in [0.05, 0.1) is 7.11 Å². The summed E-state index contributed by atoms with van der Waals surface area (Å²) in [6, 6.07) is 14.6. The largest absolute Gasteiger partial charge is 0.496 e. The molecule has 0 spiro atoms. The highest BCUT2D eigenvalue weighted by molar-refractivity contribution is 5.35. The van der Waals surface area contributed by atoms with Gasteiger partial charge in [-0.15, -0.1) is 0 Å². The quantitative estimate of drug-likeness (QED) is 0.889. The molecule has 1 N–H and O–H groups in total. The van der Waals surface area contributed by atoms with Gasteiger partial charge in [-0.2, -0.15) is 0 Å². The van der Waals surface area contributed by atoms with Crippen molar-refractivity contribution in [3.63, 3.8) is 0 Å². The number of hydrogen-bond donors (Lipinski definition) is 1. The molecule has 0 aliphatic carbocycles. The monoisotopic (exact) mass is 259 g/mol. The molecule has 0 amide bonds. The molecular formula is C16H18FNO. The fraction of sp³-hybridized carbons (Fsp3) is 0.250. The highest BCUT2D eigenvalue weighted by atomic mass is 19.1. The highest BCUT2D eigenvalue weighted by Gasteiger charge is 2.15. The van der Waals surface area contributed by atoms with Crippen molar-refractivity contribution in [1.29, 1.82) is 0 Å². The second-order valence-electron chi connectivity index (χ2n) is 4.38. The minimum absolute atomic E-state index is 0.0718. The molecular weight excluding hydrogens is 241 g/mol. The SMILES string of the molecule is CNC(Cc1ccccc1OC)c1ccccc1F. The standard InChI is InChI=1S/C16H18FNO/c1-18-15(13-8-4-5-9-14(13)17)11-12-7-3-6-10-16(12)19-2/h3-10,15,18H,11H2,1-2H3. The maximum Gasteiger partial charge on any atom is 0.127 e. The van der Waals surface area contributed by atoms with Gasteiger partial charge in [-0.3, -0.25) is 0 Å². The zero-order valence-electron chi connectivity index (χ0n) is 11.2. The van der Waals surface area contributed by atoms with Gasteiger partial charge < -0.3 is 10.1 Å². The molecule has 100 valence electrons. The average Bonchev–Trinajstić information content (AvgIpc) is 2.46. The van der Waals surface area contributed by atoms with E-state index in [2.05, 4.69) is 5.32 Å². The van der Waals surface area contributed by atoms with Crippen LogP contribution in [-0.2, 0) is 6.42 Å². The van der Waals surface area contributed by atoms with Crippen LogP contribution in [0.5, 0.6) is 5.75 Å². The molecule has 0 aromatic heterocycles. The Labute approximate surface area is 113 Å². The van der Waals surface area contributed by atoms with Crippen molar-refractivity contribution >= 4 is 0 Å². The summed E-state index contributed by atoms with van der Waals surface area (Å²) in [6.07, 6.45) is 0.682. The third-order valence-electron chi connectivity index (χ3n) is 3.25. The molecule has 0 radical (unpaired) electrons. The van der Waals surface area contributed by atoms with E-state index in [9.17, 15) is 4.39 Å². The van der Waals surface area contributed by atoms with Gasteiger partial charge in [0.1, 0.15) is 11.6 Å². The van der Waals surface area contributed by atoms with Gasteiger partial charge in [-0.1, -0.05) is 36.4 Å². The Morgan fingerprint density at radius 2 is 1.79 bits per heavy atom. The summed E-state index contributed by atoms with van der Waals surface area (Å²) in [4.78, 5) is 0. The van der Waals surface area contributed by atoms with Gasteiger partial charge >= 0.3 is 0 Å². The van der Waals surface area contributed by atoms with E-state index < -0.39 is 0 Å². The van der Waals surface area contributed by atoms with Crippen molar-refractivity contribution < 1.29 is 9.13 Å². The molecule has 2 aromatic rings. The fourth-order valence-electron chi connectivity index (χ4n) is 2.22. The number of para-hydroxylation sites is 1. The van der Waals surface area contributed by atoms with Crippen molar-refractivity contribution in [1.82, 2.24) is 5.32 Å². The maximum atomic E-state index is 13.8. The number of hydrogen-bond acceptors (Lipinski definition) is 2. The van der Waals surface area contributed by atoms with E-state index in [1.807, 2.05) is 43.4 Å². The van der Waals surface area contributed by atoms with E-state index in [0.29, 0.717) is 12.0 Å². The summed E-state index contributed by atoms with van der Waals surface area (Å²) in [7, 11) is 3.49. The minimum atomic E-state index is -0.184. The molecule has 0 saturated carbocycles. The van der Waals surface area contributed by atoms with Crippen LogP contribution in [0.3, 0.4) is 0 Å². The number of nitrogens with one attached hydrogen (secondary N) is 1. The van der Waals surface area contributed by atoms with E-state index in [1.165, 1.54) is 6.07 Å². The Kier molecular flexibility index (Phi) is 4.53. The van der Waals surface area contributed by atoms with Crippen molar-refractivity contribution in [2.24, 2.45) is 0 Å². The molecule has 3 heteroatoms. The third-order valence-corrected chi connectivity index (χ3v) is 3.25. The molecule has 0 aliphatic heterocycles. The summed E-state index contributed by atoms with van der Waals surface area (Å²) in [5.41, 5.74) is 1.74. The van der Waals surface area contributed by atoms with E-state index in [1.54, 1.807) is 13.2 Å². The number of ether oxygens (including phenoxy) is 1. The number of methoxy groups -OCH3 is 1. The highest BCUT2D eigenvalue weighted by Crippen LogP contribution is 2.25. The van der Waals surface area contributed by atoms with Gasteiger partial charge in [0, 0.05) is 11.6 Å². The van der Waals surface area contributed by atoms with Crippen molar-refractivity contribution in [3.8, 4) is 5.75 Å². The number of benzene rings is 2. The maximum absolute atomic E-state index is 13.8. The Balaban J connectivity index is 2.27. The smallest absolute Gasteiger partial charge is 0.127 e. The Hall–Kier alpha value is -1.87. The number of likely N-dealkylation sites (N-methyl/N-ethyl adjacent to an activating group) is 1. The summed E-state index contributed by atoms with van der Waals surface area (Å²) in [5, 5.41) is 3.16. The van der Waals surface area contributed by atoms with E-state index in [-0.39, 0.29) is 11.9 Å². The van der Waals surface area contributed by atoms with Crippen LogP contribution in [0.1, 0.15) is 17.2 Å². The summed E-state index contributed by atoms with van der Waals surface area (Å²) in [6.45, 7) is 0. The summed E-state index contributed by atoms with van der Waals surface area (Å²) >= 11 is 0. The van der Waals surface area contributed by atoms with E-state index in [0.717, 1.165) is 11.3 Å². The van der Waals surface area contributed by atoms with Crippen LogP contribution in [0, 0.1) is 5.82 Å². The average molecular weight is 259 g/mol. The molecule has 1 atom stereocenters. The zero-order chi connectivity index (χ0) is 13.7. The lowest BCUT2D eigenvalue weighted by molar-refractivity contribution is 0.406. The molecule has 19 heavy (non-hydrogen) atoms. The second kappa shape index (κ2) is 6.34. The molecule has 0 aliphatic rings. The zero-order valence-corrected chi connectivity index (χ0v) is 11.2. The lowest BCUT2D eigenvalue weighted by Crippen LogP contribution is -2.20. The predicted octanol–water partition coefficient (Wildman–Crippen LogP) is 3.34. The Morgan fingerprint density at radius 3 is 2.47 bits per heavy atom. The first-order valence-electron chi connectivity index (χ1n) is 6.30. The van der Waals surface area contributed by atoms with Crippen LogP contribution in [0.4, 0.5) is 4.39 Å². The number of rotatable bonds is 5. The van der Waals surface area contributed by atoms with E-state index in [4.69, 9.17) is 4.74 Å². The molecule has 1 unspecified atom stereocenters. The first kappa shape index (κ1) is 13.6. The molecule has 0 bridgehead atoms. The lowest BCUT2D eigenvalue weighted by Gasteiger charge is -2.18. The molecule has 2 nitrogen and oxygen atoms in total. The molecule has 2 rings (SSSR count). The summed E-state index contributed by atoms with van der Waals surface area (Å²) in [5.74, 6) is 0.649. The van der Waals surface area contributed by atoms with Gasteiger partial charge in [0.25, 0.3) is 0 Å². The normalized spacial score (nSPS) is 12.2. The van der Waals surface area contributed by atoms with Gasteiger partial charge in [-0.25, -0.2) is 4.39 Å². The predicted molar refractivity (Wildman–Crippen MR) is 74.9 cm³/mol. The van der Waals surface area contributed by atoms with Crippen LogP contribution in [0.2, 0.25) is 0 Å². The Morgan fingerprint density at radius 1 is 1.11 bits per heavy atom. The number of halogens is 1. The van der Waals surface area contributed by atoms with Gasteiger partial charge in [-0.05, 0) is 31.2 Å². The first-order chi connectivity index (χ1) is 9.26. The van der Waals surface area contributed by atoms with Crippen LogP contribution in [0.25, 0.3) is 0 Å². The Bertz CT molecular complexity index is 542. The second-order valence-corrected chi connectivity index (χ2v) is 4.38. The topological polar surface area (TPSA) is 21.3 Å². The van der Waals surface area contributed by atoms with Gasteiger partial charge in [0.15, 0.2) is 0 Å².